The van der Waals surface area contributed by atoms with Crippen molar-refractivity contribution < 1.29 is 14.3 Å². The van der Waals surface area contributed by atoms with Crippen molar-refractivity contribution in [3.8, 4) is 11.5 Å². The maximum absolute atomic E-state index is 12.5. The predicted octanol–water partition coefficient (Wildman–Crippen LogP) is 5.43. The standard InChI is InChI=1S/C25H28N2O3S/c1-18-7-9-19(10-8-18)17-30-21-12-11-20(15-22(21)29-2)16-23-24(28)26-25(31-23)27-13-5-3-4-6-14-27/h7-12,15-16H,3-6,13-14,17H2,1-2H3/b23-16-. The van der Waals surface area contributed by atoms with Crippen LogP contribution in [0.4, 0.5) is 0 Å². The van der Waals surface area contributed by atoms with Crippen molar-refractivity contribution in [3.05, 3.63) is 64.1 Å². The van der Waals surface area contributed by atoms with Crippen LogP contribution < -0.4 is 9.47 Å². The van der Waals surface area contributed by atoms with Crippen LogP contribution in [0.25, 0.3) is 6.08 Å². The SMILES string of the molecule is COc1cc(/C=C2\SC(N3CCCCCC3)=NC2=O)ccc1OCc1ccc(C)cc1. The largest absolute Gasteiger partial charge is 0.493 e. The third-order valence-electron chi connectivity index (χ3n) is 5.49. The Hall–Kier alpha value is -2.73. The van der Waals surface area contributed by atoms with E-state index in [1.807, 2.05) is 24.3 Å². The van der Waals surface area contributed by atoms with E-state index in [2.05, 4.69) is 41.1 Å². The summed E-state index contributed by atoms with van der Waals surface area (Å²) in [5.74, 6) is 1.16. The second-order valence-corrected chi connectivity index (χ2v) is 8.91. The lowest BCUT2D eigenvalue weighted by Gasteiger charge is -2.20. The van der Waals surface area contributed by atoms with Gasteiger partial charge >= 0.3 is 0 Å². The van der Waals surface area contributed by atoms with E-state index in [4.69, 9.17) is 9.47 Å². The number of benzene rings is 2. The summed E-state index contributed by atoms with van der Waals surface area (Å²) in [4.78, 5) is 19.7. The number of aryl methyl sites for hydroxylation is 1. The van der Waals surface area contributed by atoms with Crippen LogP contribution in [-0.2, 0) is 11.4 Å². The van der Waals surface area contributed by atoms with Crippen molar-refractivity contribution >= 4 is 28.9 Å². The maximum Gasteiger partial charge on any atom is 0.286 e. The van der Waals surface area contributed by atoms with Crippen molar-refractivity contribution in [2.75, 3.05) is 20.2 Å². The number of thioether (sulfide) groups is 1. The molecule has 0 spiro atoms. The van der Waals surface area contributed by atoms with E-state index in [9.17, 15) is 4.79 Å². The Balaban J connectivity index is 1.44. The summed E-state index contributed by atoms with van der Waals surface area (Å²) < 4.78 is 11.5. The second kappa shape index (κ2) is 10.1. The fourth-order valence-electron chi connectivity index (χ4n) is 3.69. The first-order valence-corrected chi connectivity index (χ1v) is 11.6. The van der Waals surface area contributed by atoms with Gasteiger partial charge in [0.25, 0.3) is 5.91 Å². The third kappa shape index (κ3) is 5.50. The molecule has 6 heteroatoms. The van der Waals surface area contributed by atoms with E-state index in [1.54, 1.807) is 7.11 Å². The molecule has 1 fully saturated rings. The minimum Gasteiger partial charge on any atom is -0.493 e. The lowest BCUT2D eigenvalue weighted by Crippen LogP contribution is -2.28. The number of amides is 1. The van der Waals surface area contributed by atoms with E-state index in [0.29, 0.717) is 23.0 Å². The Morgan fingerprint density at radius 1 is 1.03 bits per heavy atom. The van der Waals surface area contributed by atoms with Crippen molar-refractivity contribution in [1.29, 1.82) is 0 Å². The number of nitrogens with zero attached hydrogens (tertiary/aromatic N) is 2. The molecule has 4 rings (SSSR count). The van der Waals surface area contributed by atoms with Gasteiger partial charge in [-0.15, -0.1) is 0 Å². The summed E-state index contributed by atoms with van der Waals surface area (Å²) in [6, 6.07) is 14.0. The van der Waals surface area contributed by atoms with E-state index in [1.165, 1.54) is 30.2 Å². The molecule has 0 saturated carbocycles. The number of ether oxygens (including phenoxy) is 2. The van der Waals surface area contributed by atoms with E-state index < -0.39 is 0 Å². The number of hydrogen-bond acceptors (Lipinski definition) is 5. The summed E-state index contributed by atoms with van der Waals surface area (Å²) in [5.41, 5.74) is 3.22. The van der Waals surface area contributed by atoms with Crippen LogP contribution in [0, 0.1) is 6.92 Å². The summed E-state index contributed by atoms with van der Waals surface area (Å²) in [6.07, 6.45) is 6.71. The van der Waals surface area contributed by atoms with Gasteiger partial charge in [0.15, 0.2) is 16.7 Å². The van der Waals surface area contributed by atoms with Crippen LogP contribution in [0.2, 0.25) is 0 Å². The number of amidine groups is 1. The zero-order valence-electron chi connectivity index (χ0n) is 18.1. The molecule has 2 heterocycles. The minimum atomic E-state index is -0.164. The predicted molar refractivity (Wildman–Crippen MR) is 127 cm³/mol. The second-order valence-electron chi connectivity index (χ2n) is 7.90. The highest BCUT2D eigenvalue weighted by Crippen LogP contribution is 2.34. The van der Waals surface area contributed by atoms with Crippen LogP contribution in [-0.4, -0.2) is 36.2 Å². The van der Waals surface area contributed by atoms with Gasteiger partial charge in [0.2, 0.25) is 0 Å². The Bertz CT molecular complexity index is 990. The first kappa shape index (κ1) is 21.5. The van der Waals surface area contributed by atoms with Gasteiger partial charge in [0, 0.05) is 13.1 Å². The summed E-state index contributed by atoms with van der Waals surface area (Å²) in [7, 11) is 1.63. The normalized spacial score (nSPS) is 18.1. The molecule has 0 atom stereocenters. The van der Waals surface area contributed by atoms with Crippen LogP contribution in [0.3, 0.4) is 0 Å². The number of likely N-dealkylation sites (tertiary alicyclic amines) is 1. The molecule has 0 aliphatic carbocycles. The molecule has 2 aromatic carbocycles. The zero-order valence-corrected chi connectivity index (χ0v) is 18.9. The quantitative estimate of drug-likeness (QED) is 0.585. The van der Waals surface area contributed by atoms with Gasteiger partial charge in [-0.1, -0.05) is 48.7 Å². The van der Waals surface area contributed by atoms with Crippen molar-refractivity contribution in [2.45, 2.75) is 39.2 Å². The van der Waals surface area contributed by atoms with Crippen LogP contribution in [0.1, 0.15) is 42.4 Å². The molecule has 0 N–H and O–H groups in total. The highest BCUT2D eigenvalue weighted by atomic mass is 32.2. The molecule has 0 bridgehead atoms. The third-order valence-corrected chi connectivity index (χ3v) is 6.53. The smallest absolute Gasteiger partial charge is 0.286 e. The number of aliphatic imine (C=N–C) groups is 1. The summed E-state index contributed by atoms with van der Waals surface area (Å²) >= 11 is 1.47. The number of carbonyl (C=O) groups is 1. The lowest BCUT2D eigenvalue weighted by molar-refractivity contribution is -0.113. The van der Waals surface area contributed by atoms with Crippen molar-refractivity contribution in [1.82, 2.24) is 4.90 Å². The Labute approximate surface area is 188 Å². The highest BCUT2D eigenvalue weighted by molar-refractivity contribution is 8.18. The topological polar surface area (TPSA) is 51.1 Å². The Kier molecular flexibility index (Phi) is 6.97. The van der Waals surface area contributed by atoms with Crippen LogP contribution in [0.5, 0.6) is 11.5 Å². The van der Waals surface area contributed by atoms with Gasteiger partial charge in [0.05, 0.1) is 12.0 Å². The molecule has 1 saturated heterocycles. The van der Waals surface area contributed by atoms with Crippen molar-refractivity contribution in [3.63, 3.8) is 0 Å². The molecule has 0 radical (unpaired) electrons. The van der Waals surface area contributed by atoms with Gasteiger partial charge in [-0.2, -0.15) is 4.99 Å². The van der Waals surface area contributed by atoms with Gasteiger partial charge in [-0.3, -0.25) is 4.79 Å². The summed E-state index contributed by atoms with van der Waals surface area (Å²) in [6.45, 7) is 4.50. The Morgan fingerprint density at radius 2 is 1.77 bits per heavy atom. The number of rotatable bonds is 5. The van der Waals surface area contributed by atoms with Crippen LogP contribution >= 0.6 is 11.8 Å². The molecule has 1 amide bonds. The zero-order chi connectivity index (χ0) is 21.6. The molecule has 162 valence electrons. The number of carbonyl (C=O) groups excluding carboxylic acids is 1. The first-order valence-electron chi connectivity index (χ1n) is 10.8. The monoisotopic (exact) mass is 436 g/mol. The highest BCUT2D eigenvalue weighted by Gasteiger charge is 2.26. The number of hydrogen-bond donors (Lipinski definition) is 0. The average Bonchev–Trinajstić information content (AvgIpc) is 2.97. The van der Waals surface area contributed by atoms with E-state index in [0.717, 1.165) is 42.2 Å². The molecular formula is C25H28N2O3S. The number of methoxy groups -OCH3 is 1. The lowest BCUT2D eigenvalue weighted by atomic mass is 10.1. The molecule has 2 aliphatic heterocycles. The first-order chi connectivity index (χ1) is 15.1. The molecule has 5 nitrogen and oxygen atoms in total. The van der Waals surface area contributed by atoms with Crippen molar-refractivity contribution in [2.24, 2.45) is 4.99 Å². The molecule has 31 heavy (non-hydrogen) atoms. The van der Waals surface area contributed by atoms with Crippen LogP contribution in [0.15, 0.2) is 52.4 Å². The molecule has 2 aliphatic rings. The van der Waals surface area contributed by atoms with Gasteiger partial charge in [0.1, 0.15) is 6.61 Å². The maximum atomic E-state index is 12.5. The fourth-order valence-corrected chi connectivity index (χ4v) is 4.65. The summed E-state index contributed by atoms with van der Waals surface area (Å²) in [5, 5.41) is 0.836. The molecule has 0 unspecified atom stereocenters. The molecule has 2 aromatic rings. The Morgan fingerprint density at radius 3 is 2.48 bits per heavy atom. The minimum absolute atomic E-state index is 0.164. The molecule has 0 aromatic heterocycles. The van der Waals surface area contributed by atoms with E-state index >= 15 is 0 Å². The fraction of sp³-hybridized carbons (Fsp3) is 0.360. The van der Waals surface area contributed by atoms with Gasteiger partial charge in [-0.25, -0.2) is 0 Å². The molecular weight excluding hydrogens is 408 g/mol. The van der Waals surface area contributed by atoms with E-state index in [-0.39, 0.29) is 5.91 Å². The van der Waals surface area contributed by atoms with Gasteiger partial charge < -0.3 is 14.4 Å². The average molecular weight is 437 g/mol. The van der Waals surface area contributed by atoms with Gasteiger partial charge in [-0.05, 0) is 60.9 Å².